The van der Waals surface area contributed by atoms with Gasteiger partial charge in [-0.05, 0) is 30.3 Å². The quantitative estimate of drug-likeness (QED) is 0.639. The molecule has 6 nitrogen and oxygen atoms in total. The molecule has 0 aromatic heterocycles. The molecule has 0 saturated heterocycles. The summed E-state index contributed by atoms with van der Waals surface area (Å²) in [5, 5.41) is 0.502. The lowest BCUT2D eigenvalue weighted by molar-refractivity contribution is -0.0585. The lowest BCUT2D eigenvalue weighted by Crippen LogP contribution is -2.33. The van der Waals surface area contributed by atoms with E-state index in [-0.39, 0.29) is 23.3 Å². The highest BCUT2D eigenvalue weighted by Crippen LogP contribution is 2.24. The van der Waals surface area contributed by atoms with Gasteiger partial charge >= 0.3 is 5.97 Å². The van der Waals surface area contributed by atoms with E-state index in [4.69, 9.17) is 9.57 Å². The zero-order valence-electron chi connectivity index (χ0n) is 14.7. The van der Waals surface area contributed by atoms with Crippen molar-refractivity contribution in [3.05, 3.63) is 101 Å². The van der Waals surface area contributed by atoms with Crippen molar-refractivity contribution in [3.8, 4) is 5.75 Å². The molecule has 4 rings (SSSR count). The molecule has 1 aliphatic heterocycles. The summed E-state index contributed by atoms with van der Waals surface area (Å²) in [5.74, 6) is -1.47. The van der Waals surface area contributed by atoms with Crippen LogP contribution in [0.3, 0.4) is 0 Å². The predicted molar refractivity (Wildman–Crippen MR) is 99.6 cm³/mol. The van der Waals surface area contributed by atoms with Crippen molar-refractivity contribution in [2.24, 2.45) is 0 Å². The monoisotopic (exact) mass is 373 g/mol. The van der Waals surface area contributed by atoms with E-state index in [2.05, 4.69) is 0 Å². The Kier molecular flexibility index (Phi) is 4.60. The van der Waals surface area contributed by atoms with Crippen molar-refractivity contribution < 1.29 is 24.0 Å². The molecule has 0 atom stereocenters. The smallest absolute Gasteiger partial charge is 0.364 e. The fourth-order valence-electron chi connectivity index (χ4n) is 2.91. The number of ether oxygens (including phenoxy) is 1. The fourth-order valence-corrected chi connectivity index (χ4v) is 2.91. The van der Waals surface area contributed by atoms with Gasteiger partial charge in [-0.15, -0.1) is 0 Å². The molecule has 0 unspecified atom stereocenters. The van der Waals surface area contributed by atoms with Crippen molar-refractivity contribution >= 4 is 17.8 Å². The number of hydrogen-bond acceptors (Lipinski definition) is 5. The maximum absolute atomic E-state index is 12.7. The average molecular weight is 373 g/mol. The molecule has 3 aromatic carbocycles. The molecule has 0 aliphatic carbocycles. The van der Waals surface area contributed by atoms with Gasteiger partial charge in [-0.2, -0.15) is 0 Å². The second kappa shape index (κ2) is 7.36. The molecule has 0 saturated carbocycles. The zero-order valence-corrected chi connectivity index (χ0v) is 14.7. The molecule has 0 spiro atoms. The Morgan fingerprint density at radius 3 is 2.00 bits per heavy atom. The lowest BCUT2D eigenvalue weighted by Gasteiger charge is -2.15. The van der Waals surface area contributed by atoms with Gasteiger partial charge in [0.1, 0.15) is 12.4 Å². The molecule has 28 heavy (non-hydrogen) atoms. The summed E-state index contributed by atoms with van der Waals surface area (Å²) < 4.78 is 5.69. The lowest BCUT2D eigenvalue weighted by atomic mass is 10.1. The highest BCUT2D eigenvalue weighted by Gasteiger charge is 2.39. The van der Waals surface area contributed by atoms with Crippen LogP contribution in [-0.4, -0.2) is 22.8 Å². The van der Waals surface area contributed by atoms with Crippen LogP contribution < -0.4 is 4.74 Å². The van der Waals surface area contributed by atoms with Crippen LogP contribution in [-0.2, 0) is 11.4 Å². The molecular weight excluding hydrogens is 358 g/mol. The summed E-state index contributed by atoms with van der Waals surface area (Å²) in [5.41, 5.74) is 1.21. The highest BCUT2D eigenvalue weighted by atomic mass is 16.7. The van der Waals surface area contributed by atoms with Crippen molar-refractivity contribution in [2.75, 3.05) is 0 Å². The summed E-state index contributed by atoms with van der Waals surface area (Å²) in [4.78, 5) is 42.5. The standard InChI is InChI=1S/C22H15NO5/c24-20-18-12-6-7-13-19(18)21(25)23(20)28-22(26)17-11-5-4-8-15(17)14-27-16-9-2-1-3-10-16/h1-13H,14H2. The van der Waals surface area contributed by atoms with Crippen molar-refractivity contribution in [2.45, 2.75) is 6.61 Å². The second-order valence-corrected chi connectivity index (χ2v) is 6.09. The Balaban J connectivity index is 1.52. The van der Waals surface area contributed by atoms with Crippen LogP contribution in [0.1, 0.15) is 36.6 Å². The van der Waals surface area contributed by atoms with E-state index in [1.165, 1.54) is 12.1 Å². The van der Waals surface area contributed by atoms with E-state index in [0.717, 1.165) is 0 Å². The largest absolute Gasteiger partial charge is 0.489 e. The molecule has 2 amide bonds. The number of para-hydroxylation sites is 1. The maximum atomic E-state index is 12.7. The minimum atomic E-state index is -0.804. The summed E-state index contributed by atoms with van der Waals surface area (Å²) in [7, 11) is 0. The van der Waals surface area contributed by atoms with Crippen LogP contribution in [0.15, 0.2) is 78.9 Å². The molecule has 3 aromatic rings. The van der Waals surface area contributed by atoms with Gasteiger partial charge in [0.2, 0.25) is 0 Å². The van der Waals surface area contributed by atoms with E-state index in [0.29, 0.717) is 16.4 Å². The predicted octanol–water partition coefficient (Wildman–Crippen LogP) is 3.63. The van der Waals surface area contributed by atoms with Gasteiger partial charge < -0.3 is 9.57 Å². The molecule has 1 heterocycles. The Morgan fingerprint density at radius 1 is 0.750 bits per heavy atom. The van der Waals surface area contributed by atoms with Gasteiger partial charge in [0.15, 0.2) is 0 Å². The summed E-state index contributed by atoms with van der Waals surface area (Å²) in [6, 6.07) is 22.2. The van der Waals surface area contributed by atoms with Crippen molar-refractivity contribution in [3.63, 3.8) is 0 Å². The summed E-state index contributed by atoms with van der Waals surface area (Å²) in [6.45, 7) is 0.136. The minimum absolute atomic E-state index is 0.136. The number of carbonyl (C=O) groups excluding carboxylic acids is 3. The first kappa shape index (κ1) is 17.5. The topological polar surface area (TPSA) is 72.9 Å². The van der Waals surface area contributed by atoms with Crippen LogP contribution in [0.25, 0.3) is 0 Å². The van der Waals surface area contributed by atoms with Crippen molar-refractivity contribution in [1.29, 1.82) is 0 Å². The zero-order chi connectivity index (χ0) is 19.5. The van der Waals surface area contributed by atoms with Crippen LogP contribution in [0.2, 0.25) is 0 Å². The van der Waals surface area contributed by atoms with Gasteiger partial charge in [0, 0.05) is 5.56 Å². The Hall–Kier alpha value is -3.93. The Bertz CT molecular complexity index is 1030. The number of amides is 2. The molecule has 6 heteroatoms. The van der Waals surface area contributed by atoms with Gasteiger partial charge in [-0.3, -0.25) is 9.59 Å². The Labute approximate surface area is 160 Å². The van der Waals surface area contributed by atoms with E-state index in [9.17, 15) is 14.4 Å². The molecule has 138 valence electrons. The first-order chi connectivity index (χ1) is 13.6. The van der Waals surface area contributed by atoms with E-state index in [1.54, 1.807) is 48.5 Å². The first-order valence-corrected chi connectivity index (χ1v) is 8.61. The molecule has 0 fully saturated rings. The van der Waals surface area contributed by atoms with Crippen LogP contribution in [0.4, 0.5) is 0 Å². The highest BCUT2D eigenvalue weighted by molar-refractivity contribution is 6.21. The number of rotatable bonds is 5. The van der Waals surface area contributed by atoms with E-state index >= 15 is 0 Å². The molecule has 1 aliphatic rings. The SMILES string of the molecule is O=C(ON1C(=O)c2ccccc2C1=O)c1ccccc1COc1ccccc1. The summed E-state index contributed by atoms with van der Waals surface area (Å²) in [6.07, 6.45) is 0. The first-order valence-electron chi connectivity index (χ1n) is 8.61. The summed E-state index contributed by atoms with van der Waals surface area (Å²) >= 11 is 0. The van der Waals surface area contributed by atoms with Gasteiger partial charge in [-0.25, -0.2) is 4.79 Å². The van der Waals surface area contributed by atoms with E-state index in [1.807, 2.05) is 18.2 Å². The van der Waals surface area contributed by atoms with Gasteiger partial charge in [0.25, 0.3) is 11.8 Å². The van der Waals surface area contributed by atoms with Crippen molar-refractivity contribution in [1.82, 2.24) is 5.06 Å². The van der Waals surface area contributed by atoms with Crippen LogP contribution in [0, 0.1) is 0 Å². The number of hydroxylamine groups is 2. The molecule has 0 N–H and O–H groups in total. The second-order valence-electron chi connectivity index (χ2n) is 6.09. The maximum Gasteiger partial charge on any atom is 0.364 e. The van der Waals surface area contributed by atoms with Crippen LogP contribution >= 0.6 is 0 Å². The fraction of sp³-hybridized carbons (Fsp3) is 0.0455. The number of hydrogen-bond donors (Lipinski definition) is 0. The molecular formula is C22H15NO5. The number of nitrogens with zero attached hydrogens (tertiary/aromatic N) is 1. The third-order valence-corrected chi connectivity index (χ3v) is 4.31. The third-order valence-electron chi connectivity index (χ3n) is 4.31. The van der Waals surface area contributed by atoms with Gasteiger partial charge in [-0.1, -0.05) is 53.6 Å². The third kappa shape index (κ3) is 3.23. The molecule has 0 bridgehead atoms. The molecule has 0 radical (unpaired) electrons. The Morgan fingerprint density at radius 2 is 1.32 bits per heavy atom. The number of imide groups is 1. The number of carbonyl (C=O) groups is 3. The normalized spacial score (nSPS) is 12.6. The minimum Gasteiger partial charge on any atom is -0.489 e. The van der Waals surface area contributed by atoms with E-state index < -0.39 is 17.8 Å². The number of benzene rings is 3. The number of fused-ring (bicyclic) bond motifs is 1. The van der Waals surface area contributed by atoms with Gasteiger partial charge in [0.05, 0.1) is 16.7 Å². The van der Waals surface area contributed by atoms with Crippen LogP contribution in [0.5, 0.6) is 5.75 Å². The average Bonchev–Trinajstić information content (AvgIpc) is 2.98.